The monoisotopic (exact) mass is 303 g/mol. The van der Waals surface area contributed by atoms with Gasteiger partial charge in [-0.15, -0.1) is 0 Å². The molecular formula is C17H25N3O2. The van der Waals surface area contributed by atoms with Gasteiger partial charge in [0.15, 0.2) is 0 Å². The molecule has 5 heteroatoms. The Labute approximate surface area is 132 Å². The first-order valence-electron chi connectivity index (χ1n) is 8.00. The summed E-state index contributed by atoms with van der Waals surface area (Å²) in [6.07, 6.45) is 3.34. The number of urea groups is 1. The van der Waals surface area contributed by atoms with Gasteiger partial charge in [-0.05, 0) is 43.4 Å². The largest absolute Gasteiger partial charge is 0.339 e. The summed E-state index contributed by atoms with van der Waals surface area (Å²) < 4.78 is 0. The number of hydrogen-bond donors (Lipinski definition) is 2. The van der Waals surface area contributed by atoms with Crippen molar-refractivity contribution in [3.8, 4) is 0 Å². The summed E-state index contributed by atoms with van der Waals surface area (Å²) >= 11 is 0. The van der Waals surface area contributed by atoms with E-state index in [-0.39, 0.29) is 11.9 Å². The van der Waals surface area contributed by atoms with E-state index in [1.165, 1.54) is 6.42 Å². The predicted octanol–water partition coefficient (Wildman–Crippen LogP) is 3.09. The van der Waals surface area contributed by atoms with E-state index in [2.05, 4.69) is 10.6 Å². The minimum Gasteiger partial charge on any atom is -0.339 e. The number of carbonyl (C=O) groups excluding carboxylic acids is 2. The highest BCUT2D eigenvalue weighted by molar-refractivity contribution is 5.97. The molecule has 0 aromatic heterocycles. The molecule has 2 rings (SSSR count). The molecule has 0 bridgehead atoms. The Kier molecular flexibility index (Phi) is 5.81. The molecule has 1 saturated heterocycles. The van der Waals surface area contributed by atoms with Crippen molar-refractivity contribution in [1.82, 2.24) is 10.2 Å². The van der Waals surface area contributed by atoms with Crippen LogP contribution in [0, 0.1) is 5.92 Å². The summed E-state index contributed by atoms with van der Waals surface area (Å²) in [6.45, 7) is 6.35. The molecule has 1 fully saturated rings. The molecule has 0 radical (unpaired) electrons. The van der Waals surface area contributed by atoms with Crippen molar-refractivity contribution in [2.75, 3.05) is 25.0 Å². The normalized spacial score (nSPS) is 14.8. The second-order valence-electron chi connectivity index (χ2n) is 6.16. The minimum absolute atomic E-state index is 0.0472. The highest BCUT2D eigenvalue weighted by Gasteiger charge is 2.18. The lowest BCUT2D eigenvalue weighted by atomic mass is 10.1. The van der Waals surface area contributed by atoms with Crippen molar-refractivity contribution in [2.45, 2.75) is 33.1 Å². The van der Waals surface area contributed by atoms with Crippen molar-refractivity contribution in [3.63, 3.8) is 0 Å². The number of piperidine rings is 1. The lowest BCUT2D eigenvalue weighted by molar-refractivity contribution is 0.0724. The van der Waals surface area contributed by atoms with Crippen molar-refractivity contribution in [2.24, 2.45) is 5.92 Å². The zero-order valence-corrected chi connectivity index (χ0v) is 13.4. The van der Waals surface area contributed by atoms with Crippen LogP contribution in [0.1, 0.15) is 43.5 Å². The summed E-state index contributed by atoms with van der Waals surface area (Å²) in [5, 5.41) is 5.57. The maximum absolute atomic E-state index is 12.5. The number of nitrogens with zero attached hydrogens (tertiary/aromatic N) is 1. The summed E-state index contributed by atoms with van der Waals surface area (Å²) in [6, 6.07) is 6.90. The van der Waals surface area contributed by atoms with Gasteiger partial charge in [0.1, 0.15) is 0 Å². The number of benzene rings is 1. The third-order valence-electron chi connectivity index (χ3n) is 3.68. The average Bonchev–Trinajstić information content (AvgIpc) is 2.53. The number of carbonyl (C=O) groups is 2. The van der Waals surface area contributed by atoms with Crippen LogP contribution in [0.5, 0.6) is 0 Å². The molecule has 3 amide bonds. The van der Waals surface area contributed by atoms with E-state index in [0.717, 1.165) is 25.9 Å². The second kappa shape index (κ2) is 7.82. The van der Waals surface area contributed by atoms with Gasteiger partial charge in [-0.2, -0.15) is 0 Å². The van der Waals surface area contributed by atoms with Crippen LogP contribution < -0.4 is 10.6 Å². The van der Waals surface area contributed by atoms with Gasteiger partial charge in [0.25, 0.3) is 5.91 Å². The van der Waals surface area contributed by atoms with E-state index in [0.29, 0.717) is 23.7 Å². The van der Waals surface area contributed by atoms with E-state index in [1.54, 1.807) is 24.3 Å². The zero-order valence-electron chi connectivity index (χ0n) is 13.4. The van der Waals surface area contributed by atoms with Gasteiger partial charge in [-0.1, -0.05) is 19.9 Å². The quantitative estimate of drug-likeness (QED) is 0.898. The van der Waals surface area contributed by atoms with E-state index in [4.69, 9.17) is 0 Å². The molecular weight excluding hydrogens is 278 g/mol. The highest BCUT2D eigenvalue weighted by Crippen LogP contribution is 2.16. The number of amides is 3. The third-order valence-corrected chi connectivity index (χ3v) is 3.68. The maximum Gasteiger partial charge on any atom is 0.319 e. The Morgan fingerprint density at radius 1 is 1.18 bits per heavy atom. The first-order valence-corrected chi connectivity index (χ1v) is 8.00. The van der Waals surface area contributed by atoms with Crippen LogP contribution in [-0.4, -0.2) is 36.5 Å². The standard InChI is InChI=1S/C17H25N3O2/c1-13(2)12-18-17(22)19-15-8-6-7-14(11-15)16(21)20-9-4-3-5-10-20/h6-8,11,13H,3-5,9-10,12H2,1-2H3,(H2,18,19,22). The molecule has 0 unspecified atom stereocenters. The summed E-state index contributed by atoms with van der Waals surface area (Å²) in [7, 11) is 0. The Morgan fingerprint density at radius 3 is 2.59 bits per heavy atom. The Balaban J connectivity index is 1.97. The van der Waals surface area contributed by atoms with E-state index in [1.807, 2.05) is 18.7 Å². The van der Waals surface area contributed by atoms with Gasteiger partial charge in [-0.25, -0.2) is 4.79 Å². The molecule has 1 heterocycles. The van der Waals surface area contributed by atoms with Crippen LogP contribution in [0.15, 0.2) is 24.3 Å². The Bertz CT molecular complexity index is 522. The van der Waals surface area contributed by atoms with Gasteiger partial charge < -0.3 is 15.5 Å². The minimum atomic E-state index is -0.240. The van der Waals surface area contributed by atoms with E-state index in [9.17, 15) is 9.59 Å². The van der Waals surface area contributed by atoms with Crippen molar-refractivity contribution in [3.05, 3.63) is 29.8 Å². The third kappa shape index (κ3) is 4.76. The maximum atomic E-state index is 12.5. The molecule has 2 N–H and O–H groups in total. The molecule has 120 valence electrons. The van der Waals surface area contributed by atoms with Crippen molar-refractivity contribution >= 4 is 17.6 Å². The molecule has 5 nitrogen and oxygen atoms in total. The molecule has 1 aliphatic heterocycles. The summed E-state index contributed by atoms with van der Waals surface area (Å²) in [5.74, 6) is 0.448. The fourth-order valence-corrected chi connectivity index (χ4v) is 2.48. The first-order chi connectivity index (χ1) is 10.6. The summed E-state index contributed by atoms with van der Waals surface area (Å²) in [5.41, 5.74) is 1.27. The SMILES string of the molecule is CC(C)CNC(=O)Nc1cccc(C(=O)N2CCCCC2)c1. The van der Waals surface area contributed by atoms with Crippen LogP contribution in [0.25, 0.3) is 0 Å². The van der Waals surface area contributed by atoms with Crippen LogP contribution in [-0.2, 0) is 0 Å². The number of nitrogens with one attached hydrogen (secondary N) is 2. The highest BCUT2D eigenvalue weighted by atomic mass is 16.2. The van der Waals surface area contributed by atoms with Crippen molar-refractivity contribution in [1.29, 1.82) is 0 Å². The van der Waals surface area contributed by atoms with E-state index >= 15 is 0 Å². The van der Waals surface area contributed by atoms with Crippen LogP contribution in [0.4, 0.5) is 10.5 Å². The molecule has 0 aliphatic carbocycles. The zero-order chi connectivity index (χ0) is 15.9. The molecule has 1 aromatic rings. The Morgan fingerprint density at radius 2 is 1.91 bits per heavy atom. The average molecular weight is 303 g/mol. The number of likely N-dealkylation sites (tertiary alicyclic amines) is 1. The topological polar surface area (TPSA) is 61.4 Å². The van der Waals surface area contributed by atoms with Gasteiger partial charge >= 0.3 is 6.03 Å². The number of rotatable bonds is 4. The van der Waals surface area contributed by atoms with Gasteiger partial charge in [0.05, 0.1) is 0 Å². The number of anilines is 1. The van der Waals surface area contributed by atoms with Crippen LogP contribution in [0.3, 0.4) is 0 Å². The lowest BCUT2D eigenvalue weighted by Crippen LogP contribution is -2.35. The van der Waals surface area contributed by atoms with Crippen LogP contribution >= 0.6 is 0 Å². The fourth-order valence-electron chi connectivity index (χ4n) is 2.48. The van der Waals surface area contributed by atoms with Crippen LogP contribution in [0.2, 0.25) is 0 Å². The van der Waals surface area contributed by atoms with E-state index < -0.39 is 0 Å². The molecule has 1 aromatic carbocycles. The molecule has 0 spiro atoms. The smallest absolute Gasteiger partial charge is 0.319 e. The van der Waals surface area contributed by atoms with Gasteiger partial charge in [0.2, 0.25) is 0 Å². The second-order valence-corrected chi connectivity index (χ2v) is 6.16. The molecule has 0 atom stereocenters. The van der Waals surface area contributed by atoms with Gasteiger partial charge in [0, 0.05) is 30.9 Å². The predicted molar refractivity (Wildman–Crippen MR) is 88.1 cm³/mol. The molecule has 1 aliphatic rings. The Hall–Kier alpha value is -2.04. The lowest BCUT2D eigenvalue weighted by Gasteiger charge is -2.26. The fraction of sp³-hybridized carbons (Fsp3) is 0.529. The summed E-state index contributed by atoms with van der Waals surface area (Å²) in [4.78, 5) is 26.1. The van der Waals surface area contributed by atoms with Gasteiger partial charge in [-0.3, -0.25) is 4.79 Å². The molecule has 22 heavy (non-hydrogen) atoms. The first kappa shape index (κ1) is 16.3. The number of hydrogen-bond acceptors (Lipinski definition) is 2. The molecule has 0 saturated carbocycles. The van der Waals surface area contributed by atoms with Crippen molar-refractivity contribution < 1.29 is 9.59 Å².